The van der Waals surface area contributed by atoms with Gasteiger partial charge in [0.05, 0.1) is 20.3 Å². The summed E-state index contributed by atoms with van der Waals surface area (Å²) in [6.07, 6.45) is 6.85. The van der Waals surface area contributed by atoms with Crippen molar-refractivity contribution in [1.82, 2.24) is 10.2 Å². The monoisotopic (exact) mass is 481 g/mol. The summed E-state index contributed by atoms with van der Waals surface area (Å²) >= 11 is 0. The number of methoxy groups -OCH3 is 1. The summed E-state index contributed by atoms with van der Waals surface area (Å²) < 4.78 is 26.9. The first-order valence-corrected chi connectivity index (χ1v) is 12.7. The number of rotatable bonds is 10. The van der Waals surface area contributed by atoms with Crippen LogP contribution in [0.1, 0.15) is 50.2 Å². The maximum Gasteiger partial charge on any atom is 0.324 e. The Kier molecular flexibility index (Phi) is 8.64. The van der Waals surface area contributed by atoms with Crippen LogP contribution in [0.4, 0.5) is 14.9 Å². The highest BCUT2D eigenvalue weighted by Crippen LogP contribution is 2.34. The number of hydrogen-bond donors (Lipinski definition) is 1. The van der Waals surface area contributed by atoms with Crippen molar-refractivity contribution >= 4 is 17.3 Å². The van der Waals surface area contributed by atoms with Crippen molar-refractivity contribution in [3.8, 4) is 11.5 Å². The molecule has 0 saturated carbocycles. The van der Waals surface area contributed by atoms with E-state index >= 15 is 4.39 Å². The predicted molar refractivity (Wildman–Crippen MR) is 138 cm³/mol. The van der Waals surface area contributed by atoms with Crippen LogP contribution in [0.15, 0.2) is 42.5 Å². The minimum Gasteiger partial charge on any atom is -0.493 e. The zero-order valence-corrected chi connectivity index (χ0v) is 20.8. The topological polar surface area (TPSA) is 54.0 Å². The highest BCUT2D eigenvalue weighted by Gasteiger charge is 2.28. The van der Waals surface area contributed by atoms with Crippen molar-refractivity contribution in [1.29, 1.82) is 0 Å². The molecule has 7 heteroatoms. The second-order valence-electron chi connectivity index (χ2n) is 9.06. The van der Waals surface area contributed by atoms with Crippen molar-refractivity contribution in [3.63, 3.8) is 0 Å². The van der Waals surface area contributed by atoms with E-state index in [1.165, 1.54) is 0 Å². The number of nitrogens with one attached hydrogen (secondary N) is 1. The SMILES string of the molecule is CCCCCOc1cc(N2CCCN(Cc3cccc(C4=CCNCC4)c3F)C2=O)ccc1OC. The van der Waals surface area contributed by atoms with Crippen molar-refractivity contribution in [2.75, 3.05) is 44.8 Å². The largest absolute Gasteiger partial charge is 0.493 e. The molecule has 0 radical (unpaired) electrons. The Bertz CT molecular complexity index is 1060. The number of anilines is 1. The van der Waals surface area contributed by atoms with Gasteiger partial charge in [0.15, 0.2) is 11.5 Å². The lowest BCUT2D eigenvalue weighted by molar-refractivity contribution is 0.191. The quantitative estimate of drug-likeness (QED) is 0.448. The summed E-state index contributed by atoms with van der Waals surface area (Å²) in [5.41, 5.74) is 2.98. The normalized spacial score (nSPS) is 16.3. The maximum absolute atomic E-state index is 15.4. The van der Waals surface area contributed by atoms with Gasteiger partial charge in [-0.1, -0.05) is 44.0 Å². The predicted octanol–water partition coefficient (Wildman–Crippen LogP) is 5.61. The molecule has 0 atom stereocenters. The van der Waals surface area contributed by atoms with Crippen LogP contribution in [0.2, 0.25) is 0 Å². The molecule has 0 aromatic heterocycles. The molecule has 0 spiro atoms. The van der Waals surface area contributed by atoms with Crippen molar-refractivity contribution in [3.05, 3.63) is 59.4 Å². The number of benzene rings is 2. The van der Waals surface area contributed by atoms with Crippen LogP contribution >= 0.6 is 0 Å². The molecule has 2 aromatic carbocycles. The van der Waals surface area contributed by atoms with Gasteiger partial charge >= 0.3 is 6.03 Å². The fraction of sp³-hybridized carbons (Fsp3) is 0.464. The third-order valence-corrected chi connectivity index (χ3v) is 6.63. The van der Waals surface area contributed by atoms with Gasteiger partial charge in [0.25, 0.3) is 0 Å². The molecule has 0 bridgehead atoms. The summed E-state index contributed by atoms with van der Waals surface area (Å²) in [5.74, 6) is 1.07. The number of carbonyl (C=O) groups is 1. The highest BCUT2D eigenvalue weighted by molar-refractivity contribution is 5.93. The van der Waals surface area contributed by atoms with Gasteiger partial charge in [0.1, 0.15) is 5.82 Å². The molecule has 1 fully saturated rings. The Morgan fingerprint density at radius 3 is 2.77 bits per heavy atom. The third kappa shape index (κ3) is 5.96. The molecule has 4 rings (SSSR count). The lowest BCUT2D eigenvalue weighted by atomic mass is 9.97. The molecule has 1 saturated heterocycles. The van der Waals surface area contributed by atoms with Crippen molar-refractivity contribution < 1.29 is 18.7 Å². The molecule has 2 heterocycles. The van der Waals surface area contributed by atoms with Gasteiger partial charge in [-0.05, 0) is 43.5 Å². The molecule has 2 aromatic rings. The molecule has 0 unspecified atom stereocenters. The van der Waals surface area contributed by atoms with E-state index < -0.39 is 0 Å². The summed E-state index contributed by atoms with van der Waals surface area (Å²) in [7, 11) is 1.62. The Morgan fingerprint density at radius 1 is 1.11 bits per heavy atom. The minimum absolute atomic E-state index is 0.121. The van der Waals surface area contributed by atoms with E-state index in [0.717, 1.165) is 56.5 Å². The molecule has 0 aliphatic carbocycles. The van der Waals surface area contributed by atoms with E-state index in [2.05, 4.69) is 12.2 Å². The number of nitrogens with zero attached hydrogens (tertiary/aromatic N) is 2. The standard InChI is InChI=1S/C28H36FN3O3/c1-3-4-5-18-35-26-19-23(10-11-25(26)34-2)32-17-7-16-31(28(32)33)20-22-8-6-9-24(27(22)29)21-12-14-30-15-13-21/h6,8-12,19,30H,3-5,7,13-18,20H2,1-2H3. The Balaban J connectivity index is 1.50. The molecule has 2 aliphatic heterocycles. The van der Waals surface area contributed by atoms with Crippen molar-refractivity contribution in [2.45, 2.75) is 45.6 Å². The van der Waals surface area contributed by atoms with Crippen LogP contribution in [0.3, 0.4) is 0 Å². The number of urea groups is 1. The number of carbonyl (C=O) groups excluding carboxylic acids is 1. The zero-order chi connectivity index (χ0) is 24.6. The molecule has 2 amide bonds. The lowest BCUT2D eigenvalue weighted by Gasteiger charge is -2.36. The summed E-state index contributed by atoms with van der Waals surface area (Å²) in [6, 6.07) is 11.0. The second-order valence-corrected chi connectivity index (χ2v) is 9.06. The van der Waals surface area contributed by atoms with Gasteiger partial charge in [-0.3, -0.25) is 4.90 Å². The third-order valence-electron chi connectivity index (χ3n) is 6.63. The van der Waals surface area contributed by atoms with Crippen molar-refractivity contribution in [2.24, 2.45) is 0 Å². The van der Waals surface area contributed by atoms with Gasteiger partial charge in [0.2, 0.25) is 0 Å². The smallest absolute Gasteiger partial charge is 0.324 e. The van der Waals surface area contributed by atoms with E-state index in [1.807, 2.05) is 36.4 Å². The van der Waals surface area contributed by atoms with E-state index in [4.69, 9.17) is 9.47 Å². The number of hydrogen-bond acceptors (Lipinski definition) is 4. The fourth-order valence-electron chi connectivity index (χ4n) is 4.67. The second kappa shape index (κ2) is 12.1. The molecular formula is C28H36FN3O3. The van der Waals surface area contributed by atoms with Gasteiger partial charge in [-0.15, -0.1) is 0 Å². The van der Waals surface area contributed by atoms with E-state index in [1.54, 1.807) is 23.0 Å². The molecule has 1 N–H and O–H groups in total. The average molecular weight is 482 g/mol. The molecular weight excluding hydrogens is 445 g/mol. The summed E-state index contributed by atoms with van der Waals surface area (Å²) in [4.78, 5) is 16.9. The van der Waals surface area contributed by atoms with Crippen LogP contribution in [0.5, 0.6) is 11.5 Å². The van der Waals surface area contributed by atoms with E-state index in [9.17, 15) is 4.79 Å². The van der Waals surface area contributed by atoms with Crippen LogP contribution in [0.25, 0.3) is 5.57 Å². The highest BCUT2D eigenvalue weighted by atomic mass is 19.1. The lowest BCUT2D eigenvalue weighted by Crippen LogP contribution is -2.49. The Hall–Kier alpha value is -3.06. The first-order valence-electron chi connectivity index (χ1n) is 12.7. The Morgan fingerprint density at radius 2 is 2.00 bits per heavy atom. The maximum atomic E-state index is 15.4. The fourth-order valence-corrected chi connectivity index (χ4v) is 4.67. The average Bonchev–Trinajstić information content (AvgIpc) is 2.89. The first-order chi connectivity index (χ1) is 17.1. The molecule has 188 valence electrons. The van der Waals surface area contributed by atoms with Gasteiger partial charge in [-0.25, -0.2) is 9.18 Å². The van der Waals surface area contributed by atoms with Crippen LogP contribution < -0.4 is 19.7 Å². The van der Waals surface area contributed by atoms with E-state index in [-0.39, 0.29) is 18.4 Å². The molecule has 35 heavy (non-hydrogen) atoms. The summed E-state index contributed by atoms with van der Waals surface area (Å²) in [5, 5.41) is 3.26. The number of amides is 2. The van der Waals surface area contributed by atoms with Crippen LogP contribution in [-0.4, -0.2) is 50.8 Å². The molecule has 6 nitrogen and oxygen atoms in total. The van der Waals surface area contributed by atoms with Crippen LogP contribution in [0, 0.1) is 5.82 Å². The first kappa shape index (κ1) is 25.0. The zero-order valence-electron chi connectivity index (χ0n) is 20.8. The number of ether oxygens (including phenoxy) is 2. The number of halogens is 1. The number of unbranched alkanes of at least 4 members (excludes halogenated alkanes) is 2. The van der Waals surface area contributed by atoms with Crippen LogP contribution in [-0.2, 0) is 6.54 Å². The summed E-state index contributed by atoms with van der Waals surface area (Å²) in [6.45, 7) is 5.82. The minimum atomic E-state index is -0.224. The van der Waals surface area contributed by atoms with Gasteiger partial charge in [-0.2, -0.15) is 0 Å². The van der Waals surface area contributed by atoms with Gasteiger partial charge < -0.3 is 19.7 Å². The van der Waals surface area contributed by atoms with Gasteiger partial charge in [0, 0.05) is 42.5 Å². The van der Waals surface area contributed by atoms with E-state index in [0.29, 0.717) is 42.3 Å². The molecule has 2 aliphatic rings. The Labute approximate surface area is 207 Å².